The van der Waals surface area contributed by atoms with Gasteiger partial charge < -0.3 is 15.0 Å². The predicted octanol–water partition coefficient (Wildman–Crippen LogP) is 3.60. The summed E-state index contributed by atoms with van der Waals surface area (Å²) in [6, 6.07) is 12.5. The number of Topliss-reactive ketones (excluding diaryl/α,β-unsaturated/α-hetero) is 1. The van der Waals surface area contributed by atoms with Gasteiger partial charge >= 0.3 is 0 Å². The summed E-state index contributed by atoms with van der Waals surface area (Å²) < 4.78 is 5.08. The van der Waals surface area contributed by atoms with E-state index in [4.69, 9.17) is 4.74 Å². The Morgan fingerprint density at radius 3 is 2.52 bits per heavy atom. The van der Waals surface area contributed by atoms with Crippen LogP contribution in [0, 0.1) is 5.92 Å². The van der Waals surface area contributed by atoms with Gasteiger partial charge in [-0.15, -0.1) is 0 Å². The standard InChI is InChI=1S/C23H24N2O4/c1-29-19-8-5-16(6-9-19)21(26)10-11-22(27)24-18-7-4-15-12-13-25(20(15)14-18)23(28)17-2-3-17/h4-9,14,17H,2-3,10-13H2,1H3,(H,24,27). The van der Waals surface area contributed by atoms with Gasteiger partial charge in [0.2, 0.25) is 11.8 Å². The summed E-state index contributed by atoms with van der Waals surface area (Å²) in [6.07, 6.45) is 3.03. The quantitative estimate of drug-likeness (QED) is 0.731. The normalized spacial score (nSPS) is 15.0. The van der Waals surface area contributed by atoms with E-state index in [-0.39, 0.29) is 36.4 Å². The number of fused-ring (bicyclic) bond motifs is 1. The van der Waals surface area contributed by atoms with Crippen molar-refractivity contribution >= 4 is 29.0 Å². The first kappa shape index (κ1) is 19.2. The molecule has 1 aliphatic carbocycles. The van der Waals surface area contributed by atoms with Crippen molar-refractivity contribution in [1.29, 1.82) is 0 Å². The lowest BCUT2D eigenvalue weighted by Gasteiger charge is -2.18. The van der Waals surface area contributed by atoms with Crippen LogP contribution in [0.3, 0.4) is 0 Å². The number of carbonyl (C=O) groups excluding carboxylic acids is 3. The third-order valence-electron chi connectivity index (χ3n) is 5.45. The minimum Gasteiger partial charge on any atom is -0.497 e. The number of ketones is 1. The van der Waals surface area contributed by atoms with Crippen molar-refractivity contribution in [2.24, 2.45) is 5.92 Å². The summed E-state index contributed by atoms with van der Waals surface area (Å²) in [5.74, 6) is 0.744. The van der Waals surface area contributed by atoms with E-state index in [1.165, 1.54) is 0 Å². The monoisotopic (exact) mass is 392 g/mol. The van der Waals surface area contributed by atoms with Gasteiger partial charge in [-0.2, -0.15) is 0 Å². The zero-order valence-electron chi connectivity index (χ0n) is 16.4. The summed E-state index contributed by atoms with van der Waals surface area (Å²) in [5, 5.41) is 2.85. The van der Waals surface area contributed by atoms with Gasteiger partial charge in [0.05, 0.1) is 7.11 Å². The fourth-order valence-corrected chi connectivity index (χ4v) is 3.61. The molecule has 2 aromatic carbocycles. The summed E-state index contributed by atoms with van der Waals surface area (Å²) >= 11 is 0. The third kappa shape index (κ3) is 4.31. The zero-order chi connectivity index (χ0) is 20.4. The highest BCUT2D eigenvalue weighted by molar-refractivity contribution is 6.01. The molecule has 2 amide bonds. The molecule has 1 aliphatic heterocycles. The molecule has 0 saturated heterocycles. The van der Waals surface area contributed by atoms with Crippen molar-refractivity contribution in [3.05, 3.63) is 53.6 Å². The molecule has 0 atom stereocenters. The van der Waals surface area contributed by atoms with Gasteiger partial charge in [-0.25, -0.2) is 0 Å². The maximum atomic E-state index is 12.4. The van der Waals surface area contributed by atoms with Crippen LogP contribution < -0.4 is 15.0 Å². The molecule has 1 N–H and O–H groups in total. The number of nitrogens with one attached hydrogen (secondary N) is 1. The van der Waals surface area contributed by atoms with Crippen LogP contribution in [0.5, 0.6) is 5.75 Å². The van der Waals surface area contributed by atoms with Gasteiger partial charge in [0.15, 0.2) is 5.78 Å². The number of amides is 2. The van der Waals surface area contributed by atoms with E-state index in [1.54, 1.807) is 31.4 Å². The zero-order valence-corrected chi connectivity index (χ0v) is 16.4. The highest BCUT2D eigenvalue weighted by Gasteiger charge is 2.36. The van der Waals surface area contributed by atoms with Crippen molar-refractivity contribution in [2.75, 3.05) is 23.9 Å². The lowest BCUT2D eigenvalue weighted by atomic mass is 10.1. The Morgan fingerprint density at radius 2 is 1.83 bits per heavy atom. The van der Waals surface area contributed by atoms with E-state index < -0.39 is 0 Å². The van der Waals surface area contributed by atoms with Crippen LogP contribution in [0.2, 0.25) is 0 Å². The number of nitrogens with zero attached hydrogens (tertiary/aromatic N) is 1. The maximum absolute atomic E-state index is 12.4. The number of methoxy groups -OCH3 is 1. The number of hydrogen-bond donors (Lipinski definition) is 1. The molecule has 2 aromatic rings. The summed E-state index contributed by atoms with van der Waals surface area (Å²) in [4.78, 5) is 38.9. The lowest BCUT2D eigenvalue weighted by molar-refractivity contribution is -0.119. The largest absolute Gasteiger partial charge is 0.497 e. The molecule has 1 saturated carbocycles. The Morgan fingerprint density at radius 1 is 1.07 bits per heavy atom. The van der Waals surface area contributed by atoms with Crippen molar-refractivity contribution in [1.82, 2.24) is 0 Å². The number of ether oxygens (including phenoxy) is 1. The van der Waals surface area contributed by atoms with E-state index in [1.807, 2.05) is 23.1 Å². The Balaban J connectivity index is 1.34. The van der Waals surface area contributed by atoms with Crippen molar-refractivity contribution < 1.29 is 19.1 Å². The van der Waals surface area contributed by atoms with Crippen molar-refractivity contribution in [3.63, 3.8) is 0 Å². The van der Waals surface area contributed by atoms with E-state index >= 15 is 0 Å². The minimum absolute atomic E-state index is 0.0852. The van der Waals surface area contributed by atoms with Gasteiger partial charge in [-0.3, -0.25) is 14.4 Å². The van der Waals surface area contributed by atoms with E-state index in [9.17, 15) is 14.4 Å². The molecule has 29 heavy (non-hydrogen) atoms. The second-order valence-corrected chi connectivity index (χ2v) is 7.56. The van der Waals surface area contributed by atoms with Crippen LogP contribution in [-0.2, 0) is 16.0 Å². The molecule has 0 bridgehead atoms. The third-order valence-corrected chi connectivity index (χ3v) is 5.45. The highest BCUT2D eigenvalue weighted by atomic mass is 16.5. The number of anilines is 2. The Kier molecular flexibility index (Phi) is 5.34. The SMILES string of the molecule is COc1ccc(C(=O)CCC(=O)Nc2ccc3c(c2)N(C(=O)C2CC2)CC3)cc1. The number of benzene rings is 2. The average molecular weight is 392 g/mol. The van der Waals surface area contributed by atoms with E-state index in [2.05, 4.69) is 5.32 Å². The molecule has 0 unspecified atom stereocenters. The molecule has 0 spiro atoms. The first-order valence-electron chi connectivity index (χ1n) is 9.96. The van der Waals surface area contributed by atoms with E-state index in [0.29, 0.717) is 23.5 Å². The molecule has 1 heterocycles. The van der Waals surface area contributed by atoms with Crippen LogP contribution in [-0.4, -0.2) is 31.3 Å². The second-order valence-electron chi connectivity index (χ2n) is 7.56. The summed E-state index contributed by atoms with van der Waals surface area (Å²) in [6.45, 7) is 0.707. The Labute approximate surface area is 169 Å². The van der Waals surface area contributed by atoms with Crippen LogP contribution in [0.1, 0.15) is 41.6 Å². The molecule has 2 aliphatic rings. The van der Waals surface area contributed by atoms with Crippen LogP contribution in [0.25, 0.3) is 0 Å². The fraction of sp³-hybridized carbons (Fsp3) is 0.348. The van der Waals surface area contributed by atoms with Gasteiger partial charge in [-0.05, 0) is 61.2 Å². The highest BCUT2D eigenvalue weighted by Crippen LogP contribution is 2.37. The van der Waals surface area contributed by atoms with Crippen LogP contribution in [0.15, 0.2) is 42.5 Å². The summed E-state index contributed by atoms with van der Waals surface area (Å²) in [5.41, 5.74) is 3.24. The molecule has 6 heteroatoms. The summed E-state index contributed by atoms with van der Waals surface area (Å²) in [7, 11) is 1.57. The second kappa shape index (κ2) is 8.07. The van der Waals surface area contributed by atoms with E-state index in [0.717, 1.165) is 30.5 Å². The van der Waals surface area contributed by atoms with Gasteiger partial charge in [-0.1, -0.05) is 6.07 Å². The molecule has 6 nitrogen and oxygen atoms in total. The lowest BCUT2D eigenvalue weighted by Crippen LogP contribution is -2.30. The van der Waals surface area contributed by atoms with Crippen molar-refractivity contribution in [2.45, 2.75) is 32.1 Å². The van der Waals surface area contributed by atoms with Crippen molar-refractivity contribution in [3.8, 4) is 5.75 Å². The minimum atomic E-state index is -0.218. The number of rotatable bonds is 7. The molecule has 150 valence electrons. The topological polar surface area (TPSA) is 75.7 Å². The Bertz CT molecular complexity index is 948. The molecule has 1 fully saturated rings. The first-order valence-corrected chi connectivity index (χ1v) is 9.96. The van der Waals surface area contributed by atoms with Gasteiger partial charge in [0, 0.05) is 42.2 Å². The van der Waals surface area contributed by atoms with Crippen LogP contribution in [0.4, 0.5) is 11.4 Å². The number of hydrogen-bond acceptors (Lipinski definition) is 4. The maximum Gasteiger partial charge on any atom is 0.230 e. The molecular weight excluding hydrogens is 368 g/mol. The average Bonchev–Trinajstić information content (AvgIpc) is 3.51. The molecule has 0 radical (unpaired) electrons. The Hall–Kier alpha value is -3.15. The van der Waals surface area contributed by atoms with Crippen LogP contribution >= 0.6 is 0 Å². The fourth-order valence-electron chi connectivity index (χ4n) is 3.61. The smallest absolute Gasteiger partial charge is 0.230 e. The molecule has 0 aromatic heterocycles. The number of carbonyl (C=O) groups is 3. The van der Waals surface area contributed by atoms with Gasteiger partial charge in [0.25, 0.3) is 0 Å². The first-order chi connectivity index (χ1) is 14.0. The molecule has 4 rings (SSSR count). The predicted molar refractivity (Wildman–Crippen MR) is 110 cm³/mol. The van der Waals surface area contributed by atoms with Gasteiger partial charge in [0.1, 0.15) is 5.75 Å². The molecular formula is C23H24N2O4.